The van der Waals surface area contributed by atoms with E-state index >= 15 is 0 Å². The van der Waals surface area contributed by atoms with Crippen LogP contribution in [0.2, 0.25) is 0 Å². The average molecular weight is 236 g/mol. The Kier molecular flexibility index (Phi) is 4.63. The average Bonchev–Trinajstić information content (AvgIpc) is 2.97. The third-order valence-electron chi connectivity index (χ3n) is 3.62. The van der Waals surface area contributed by atoms with Crippen molar-refractivity contribution in [2.75, 3.05) is 13.6 Å². The van der Waals surface area contributed by atoms with Crippen LogP contribution in [0, 0.1) is 0 Å². The first kappa shape index (κ1) is 12.7. The van der Waals surface area contributed by atoms with Crippen LogP contribution in [0.4, 0.5) is 0 Å². The Morgan fingerprint density at radius 3 is 2.71 bits per heavy atom. The zero-order chi connectivity index (χ0) is 12.1. The number of furan rings is 1. The van der Waals surface area contributed by atoms with Crippen molar-refractivity contribution < 1.29 is 4.42 Å². The normalized spacial score (nSPS) is 17.1. The minimum Gasteiger partial charge on any atom is -0.463 e. The topological polar surface area (TPSA) is 28.4 Å². The molecule has 1 aliphatic carbocycles. The van der Waals surface area contributed by atoms with Crippen LogP contribution in [0.15, 0.2) is 16.5 Å². The van der Waals surface area contributed by atoms with Gasteiger partial charge in [-0.05, 0) is 38.6 Å². The van der Waals surface area contributed by atoms with E-state index in [0.717, 1.165) is 37.2 Å². The lowest BCUT2D eigenvalue weighted by atomic mass is 10.2. The molecule has 96 valence electrons. The Labute approximate surface area is 104 Å². The van der Waals surface area contributed by atoms with E-state index < -0.39 is 0 Å². The molecule has 1 aromatic rings. The van der Waals surface area contributed by atoms with Gasteiger partial charge in [0.1, 0.15) is 11.5 Å². The Morgan fingerprint density at radius 1 is 1.29 bits per heavy atom. The molecule has 1 aromatic heterocycles. The molecule has 0 unspecified atom stereocenters. The molecule has 0 aromatic carbocycles. The van der Waals surface area contributed by atoms with Gasteiger partial charge in [-0.3, -0.25) is 4.90 Å². The van der Waals surface area contributed by atoms with Crippen LogP contribution in [-0.4, -0.2) is 24.5 Å². The second kappa shape index (κ2) is 6.22. The molecular weight excluding hydrogens is 212 g/mol. The first-order valence-corrected chi connectivity index (χ1v) is 6.78. The van der Waals surface area contributed by atoms with Crippen LogP contribution in [0.25, 0.3) is 0 Å². The quantitative estimate of drug-likeness (QED) is 0.823. The van der Waals surface area contributed by atoms with Crippen molar-refractivity contribution in [3.8, 4) is 0 Å². The predicted octanol–water partition coefficient (Wildman–Crippen LogP) is 2.76. The van der Waals surface area contributed by atoms with Gasteiger partial charge in [0.2, 0.25) is 0 Å². The van der Waals surface area contributed by atoms with E-state index in [1.165, 1.54) is 25.7 Å². The Hall–Kier alpha value is -0.800. The maximum atomic E-state index is 5.81. The van der Waals surface area contributed by atoms with Crippen molar-refractivity contribution in [3.05, 3.63) is 23.7 Å². The first-order chi connectivity index (χ1) is 8.29. The predicted molar refractivity (Wildman–Crippen MR) is 69.8 cm³/mol. The highest BCUT2D eigenvalue weighted by atomic mass is 16.3. The molecule has 3 heteroatoms. The molecule has 1 N–H and O–H groups in total. The molecule has 0 bridgehead atoms. The van der Waals surface area contributed by atoms with Gasteiger partial charge >= 0.3 is 0 Å². The van der Waals surface area contributed by atoms with Crippen LogP contribution < -0.4 is 5.32 Å². The van der Waals surface area contributed by atoms with Crippen molar-refractivity contribution in [1.82, 2.24) is 10.2 Å². The fourth-order valence-electron chi connectivity index (χ4n) is 2.57. The standard InChI is InChI=1S/C14H24N2O/c1-3-15-10-13-8-9-14(17-13)11-16(2)12-6-4-5-7-12/h8-9,12,15H,3-7,10-11H2,1-2H3. The number of hydrogen-bond donors (Lipinski definition) is 1. The molecule has 0 radical (unpaired) electrons. The Balaban J connectivity index is 1.83. The molecule has 17 heavy (non-hydrogen) atoms. The summed E-state index contributed by atoms with van der Waals surface area (Å²) in [6.07, 6.45) is 5.47. The van der Waals surface area contributed by atoms with E-state index in [0.29, 0.717) is 0 Å². The smallest absolute Gasteiger partial charge is 0.118 e. The number of hydrogen-bond acceptors (Lipinski definition) is 3. The summed E-state index contributed by atoms with van der Waals surface area (Å²) in [5.74, 6) is 2.13. The van der Waals surface area contributed by atoms with Gasteiger partial charge in [-0.25, -0.2) is 0 Å². The van der Waals surface area contributed by atoms with Gasteiger partial charge in [0, 0.05) is 6.04 Å². The van der Waals surface area contributed by atoms with E-state index in [9.17, 15) is 0 Å². The van der Waals surface area contributed by atoms with Crippen LogP contribution in [-0.2, 0) is 13.1 Å². The lowest BCUT2D eigenvalue weighted by molar-refractivity contribution is 0.217. The minimum absolute atomic E-state index is 0.761. The molecule has 1 heterocycles. The van der Waals surface area contributed by atoms with Gasteiger partial charge in [0.05, 0.1) is 13.1 Å². The summed E-state index contributed by atoms with van der Waals surface area (Å²) in [6, 6.07) is 4.95. The van der Waals surface area contributed by atoms with Crippen LogP contribution in [0.5, 0.6) is 0 Å². The highest BCUT2D eigenvalue weighted by molar-refractivity contribution is 5.07. The van der Waals surface area contributed by atoms with Crippen molar-refractivity contribution in [1.29, 1.82) is 0 Å². The number of nitrogens with zero attached hydrogens (tertiary/aromatic N) is 1. The van der Waals surface area contributed by atoms with E-state index in [2.05, 4.69) is 36.3 Å². The fourth-order valence-corrected chi connectivity index (χ4v) is 2.57. The van der Waals surface area contributed by atoms with Crippen LogP contribution >= 0.6 is 0 Å². The van der Waals surface area contributed by atoms with Crippen molar-refractivity contribution >= 4 is 0 Å². The Morgan fingerprint density at radius 2 is 2.00 bits per heavy atom. The van der Waals surface area contributed by atoms with Crippen LogP contribution in [0.3, 0.4) is 0 Å². The third-order valence-corrected chi connectivity index (χ3v) is 3.62. The number of nitrogens with one attached hydrogen (secondary N) is 1. The van der Waals surface area contributed by atoms with E-state index in [4.69, 9.17) is 4.42 Å². The van der Waals surface area contributed by atoms with Crippen molar-refractivity contribution in [2.45, 2.75) is 51.7 Å². The minimum atomic E-state index is 0.761. The first-order valence-electron chi connectivity index (χ1n) is 6.78. The monoisotopic (exact) mass is 236 g/mol. The molecule has 0 amide bonds. The van der Waals surface area contributed by atoms with E-state index in [-0.39, 0.29) is 0 Å². The highest BCUT2D eigenvalue weighted by Crippen LogP contribution is 2.23. The SMILES string of the molecule is CCNCc1ccc(CN(C)C2CCCC2)o1. The van der Waals surface area contributed by atoms with Gasteiger partial charge in [-0.15, -0.1) is 0 Å². The summed E-state index contributed by atoms with van der Waals surface area (Å²) in [4.78, 5) is 2.43. The molecule has 0 aliphatic heterocycles. The zero-order valence-electron chi connectivity index (χ0n) is 11.0. The second-order valence-electron chi connectivity index (χ2n) is 5.00. The number of rotatable bonds is 6. The Bertz CT molecular complexity index is 329. The summed E-state index contributed by atoms with van der Waals surface area (Å²) in [6.45, 7) is 4.87. The molecule has 0 saturated heterocycles. The van der Waals surface area contributed by atoms with Crippen LogP contribution in [0.1, 0.15) is 44.1 Å². The molecule has 1 saturated carbocycles. The van der Waals surface area contributed by atoms with Gasteiger partial charge in [0.25, 0.3) is 0 Å². The molecule has 2 rings (SSSR count). The second-order valence-corrected chi connectivity index (χ2v) is 5.00. The zero-order valence-corrected chi connectivity index (χ0v) is 11.0. The summed E-state index contributed by atoms with van der Waals surface area (Å²) in [5, 5.41) is 3.28. The molecule has 1 fully saturated rings. The van der Waals surface area contributed by atoms with Crippen molar-refractivity contribution in [2.24, 2.45) is 0 Å². The molecule has 0 spiro atoms. The summed E-state index contributed by atoms with van der Waals surface area (Å²) < 4.78 is 5.81. The van der Waals surface area contributed by atoms with Gasteiger partial charge < -0.3 is 9.73 Å². The lowest BCUT2D eigenvalue weighted by Crippen LogP contribution is -2.28. The largest absolute Gasteiger partial charge is 0.463 e. The highest BCUT2D eigenvalue weighted by Gasteiger charge is 2.20. The third kappa shape index (κ3) is 3.58. The van der Waals surface area contributed by atoms with Gasteiger partial charge in [-0.1, -0.05) is 19.8 Å². The summed E-state index contributed by atoms with van der Waals surface area (Å²) in [5.41, 5.74) is 0. The van der Waals surface area contributed by atoms with Gasteiger partial charge in [0.15, 0.2) is 0 Å². The molecule has 0 atom stereocenters. The van der Waals surface area contributed by atoms with Crippen molar-refractivity contribution in [3.63, 3.8) is 0 Å². The summed E-state index contributed by atoms with van der Waals surface area (Å²) in [7, 11) is 2.21. The molecule has 3 nitrogen and oxygen atoms in total. The maximum absolute atomic E-state index is 5.81. The van der Waals surface area contributed by atoms with E-state index in [1.807, 2.05) is 0 Å². The molecular formula is C14H24N2O. The molecule has 1 aliphatic rings. The van der Waals surface area contributed by atoms with E-state index in [1.54, 1.807) is 0 Å². The fraction of sp³-hybridized carbons (Fsp3) is 0.714. The maximum Gasteiger partial charge on any atom is 0.118 e. The summed E-state index contributed by atoms with van der Waals surface area (Å²) >= 11 is 0. The lowest BCUT2D eigenvalue weighted by Gasteiger charge is -2.22. The van der Waals surface area contributed by atoms with Gasteiger partial charge in [-0.2, -0.15) is 0 Å².